The highest BCUT2D eigenvalue weighted by Gasteiger charge is 2.20. The first-order valence-electron chi connectivity index (χ1n) is 12.1. The Morgan fingerprint density at radius 2 is 1.37 bits per heavy atom. The molecule has 1 rings (SSSR count). The summed E-state index contributed by atoms with van der Waals surface area (Å²) < 4.78 is 0. The van der Waals surface area contributed by atoms with Crippen LogP contribution in [-0.4, -0.2) is 77.3 Å². The fraction of sp³-hybridized carbons (Fsp3) is 0.913. The van der Waals surface area contributed by atoms with Crippen LogP contribution in [-0.2, 0) is 9.59 Å². The fourth-order valence-electron chi connectivity index (χ4n) is 4.43. The predicted molar refractivity (Wildman–Crippen MR) is 120 cm³/mol. The zero-order valence-corrected chi connectivity index (χ0v) is 18.9. The molecule has 0 bridgehead atoms. The van der Waals surface area contributed by atoms with Crippen LogP contribution in [0.25, 0.3) is 0 Å². The highest BCUT2D eigenvalue weighted by atomic mass is 16.4. The molecule has 7 nitrogen and oxygen atoms in total. The third-order valence-electron chi connectivity index (χ3n) is 6.19. The van der Waals surface area contributed by atoms with Crippen molar-refractivity contribution in [2.45, 2.75) is 95.9 Å². The van der Waals surface area contributed by atoms with E-state index in [0.717, 1.165) is 71.2 Å². The number of primary amides is 1. The van der Waals surface area contributed by atoms with E-state index in [-0.39, 0.29) is 18.9 Å². The topological polar surface area (TPSA) is 107 Å². The van der Waals surface area contributed by atoms with E-state index >= 15 is 0 Å². The minimum atomic E-state index is -0.718. The van der Waals surface area contributed by atoms with Gasteiger partial charge in [-0.1, -0.05) is 38.5 Å². The average Bonchev–Trinajstić information content (AvgIpc) is 2.98. The smallest absolute Gasteiger partial charge is 0.303 e. The van der Waals surface area contributed by atoms with Gasteiger partial charge in [0, 0.05) is 38.5 Å². The predicted octanol–water partition coefficient (Wildman–Crippen LogP) is 3.00. The molecule has 0 spiro atoms. The maximum atomic E-state index is 10.9. The summed E-state index contributed by atoms with van der Waals surface area (Å²) >= 11 is 0. The minimum absolute atomic E-state index is 0.207. The van der Waals surface area contributed by atoms with E-state index in [9.17, 15) is 14.7 Å². The second-order valence-electron chi connectivity index (χ2n) is 8.73. The van der Waals surface area contributed by atoms with Gasteiger partial charge in [-0.2, -0.15) is 0 Å². The highest BCUT2D eigenvalue weighted by molar-refractivity contribution is 5.73. The van der Waals surface area contributed by atoms with Crippen LogP contribution in [0.2, 0.25) is 0 Å². The van der Waals surface area contributed by atoms with Crippen LogP contribution in [0.5, 0.6) is 0 Å². The van der Waals surface area contributed by atoms with Crippen molar-refractivity contribution in [3.05, 3.63) is 0 Å². The molecule has 0 radical (unpaired) electrons. The lowest BCUT2D eigenvalue weighted by atomic mass is 10.1. The molecule has 4 N–H and O–H groups in total. The van der Waals surface area contributed by atoms with Crippen LogP contribution < -0.4 is 5.73 Å². The monoisotopic (exact) mass is 427 g/mol. The van der Waals surface area contributed by atoms with Gasteiger partial charge < -0.3 is 20.8 Å². The molecule has 1 aliphatic carbocycles. The third kappa shape index (κ3) is 13.9. The maximum absolute atomic E-state index is 10.9. The van der Waals surface area contributed by atoms with Gasteiger partial charge in [0.05, 0.1) is 6.61 Å². The van der Waals surface area contributed by atoms with Gasteiger partial charge in [0.1, 0.15) is 0 Å². The zero-order chi connectivity index (χ0) is 22.0. The Kier molecular flexibility index (Phi) is 15.7. The van der Waals surface area contributed by atoms with Crippen LogP contribution in [0.15, 0.2) is 0 Å². The molecule has 0 heterocycles. The molecule has 0 unspecified atom stereocenters. The van der Waals surface area contributed by atoms with E-state index in [1.807, 2.05) is 0 Å². The lowest BCUT2D eigenvalue weighted by Gasteiger charge is -2.33. The molecule has 1 fully saturated rings. The molecule has 1 aliphatic rings. The molecule has 0 aromatic heterocycles. The first-order valence-corrected chi connectivity index (χ1v) is 12.1. The largest absolute Gasteiger partial charge is 0.481 e. The molecule has 0 aromatic rings. The van der Waals surface area contributed by atoms with Crippen molar-refractivity contribution in [2.75, 3.05) is 39.3 Å². The number of carboxylic acid groups (broad SMARTS) is 1. The molecule has 0 aliphatic heterocycles. The number of amides is 1. The normalized spacial score (nSPS) is 15.6. The SMILES string of the molecule is NC(=O)CCCCCN(CCCCCC(=O)O)CCN(CCO)C1CCCCCC1. The average molecular weight is 428 g/mol. The summed E-state index contributed by atoms with van der Waals surface area (Å²) in [6, 6.07) is 0.590. The summed E-state index contributed by atoms with van der Waals surface area (Å²) in [7, 11) is 0. The number of carbonyl (C=O) groups excluding carboxylic acids is 1. The van der Waals surface area contributed by atoms with Crippen LogP contribution in [0.1, 0.15) is 89.9 Å². The number of unbranched alkanes of at least 4 members (excludes halogenated alkanes) is 4. The molecule has 30 heavy (non-hydrogen) atoms. The van der Waals surface area contributed by atoms with E-state index in [1.165, 1.54) is 38.5 Å². The van der Waals surface area contributed by atoms with Crippen molar-refractivity contribution in [3.63, 3.8) is 0 Å². The van der Waals surface area contributed by atoms with E-state index in [0.29, 0.717) is 12.5 Å². The van der Waals surface area contributed by atoms with Crippen molar-refractivity contribution >= 4 is 11.9 Å². The number of hydrogen-bond acceptors (Lipinski definition) is 5. The van der Waals surface area contributed by atoms with Crippen LogP contribution >= 0.6 is 0 Å². The van der Waals surface area contributed by atoms with Crippen LogP contribution in [0, 0.1) is 0 Å². The molecule has 1 amide bonds. The van der Waals surface area contributed by atoms with E-state index in [2.05, 4.69) is 9.80 Å². The molecule has 0 atom stereocenters. The van der Waals surface area contributed by atoms with Gasteiger partial charge in [-0.15, -0.1) is 0 Å². The van der Waals surface area contributed by atoms with Gasteiger partial charge in [-0.3, -0.25) is 14.5 Å². The number of carboxylic acids is 1. The maximum Gasteiger partial charge on any atom is 0.303 e. The standard InChI is InChI=1S/C23H45N3O4/c24-22(28)13-7-3-9-15-25(16-10-4-8-14-23(29)30)17-18-26(19-20-27)21-11-5-1-2-6-12-21/h21,27H,1-20H2,(H2,24,28)(H,29,30). The minimum Gasteiger partial charge on any atom is -0.481 e. The number of rotatable bonds is 18. The summed E-state index contributed by atoms with van der Waals surface area (Å²) in [6.07, 6.45) is 14.0. The van der Waals surface area contributed by atoms with Crippen molar-refractivity contribution in [1.29, 1.82) is 0 Å². The Morgan fingerprint density at radius 1 is 0.767 bits per heavy atom. The zero-order valence-electron chi connectivity index (χ0n) is 18.9. The lowest BCUT2D eigenvalue weighted by molar-refractivity contribution is -0.137. The Hall–Kier alpha value is -1.18. The fourth-order valence-corrected chi connectivity index (χ4v) is 4.43. The molecule has 1 saturated carbocycles. The van der Waals surface area contributed by atoms with Gasteiger partial charge in [0.15, 0.2) is 0 Å². The Bertz CT molecular complexity index is 430. The van der Waals surface area contributed by atoms with Crippen LogP contribution in [0.3, 0.4) is 0 Å². The Labute approximate surface area is 183 Å². The quantitative estimate of drug-likeness (QED) is 0.229. The molecular weight excluding hydrogens is 382 g/mol. The van der Waals surface area contributed by atoms with Crippen LogP contribution in [0.4, 0.5) is 0 Å². The van der Waals surface area contributed by atoms with Gasteiger partial charge in [0.2, 0.25) is 5.91 Å². The first kappa shape index (κ1) is 26.9. The lowest BCUT2D eigenvalue weighted by Crippen LogP contribution is -2.43. The number of aliphatic hydroxyl groups excluding tert-OH is 1. The van der Waals surface area contributed by atoms with Crippen molar-refractivity contribution in [2.24, 2.45) is 5.73 Å². The van der Waals surface area contributed by atoms with Gasteiger partial charge in [-0.25, -0.2) is 0 Å². The van der Waals surface area contributed by atoms with E-state index < -0.39 is 5.97 Å². The Balaban J connectivity index is 2.46. The van der Waals surface area contributed by atoms with Gasteiger partial charge in [0.25, 0.3) is 0 Å². The second kappa shape index (κ2) is 17.5. The highest BCUT2D eigenvalue weighted by Crippen LogP contribution is 2.21. The van der Waals surface area contributed by atoms with Gasteiger partial charge in [-0.05, 0) is 51.6 Å². The molecule has 176 valence electrons. The third-order valence-corrected chi connectivity index (χ3v) is 6.19. The van der Waals surface area contributed by atoms with Crippen molar-refractivity contribution < 1.29 is 19.8 Å². The number of nitrogens with zero attached hydrogens (tertiary/aromatic N) is 2. The summed E-state index contributed by atoms with van der Waals surface area (Å²) in [6.45, 7) is 4.88. The van der Waals surface area contributed by atoms with Gasteiger partial charge >= 0.3 is 5.97 Å². The molecule has 0 saturated heterocycles. The molecule has 0 aromatic carbocycles. The number of aliphatic carboxylic acids is 1. The summed E-state index contributed by atoms with van der Waals surface area (Å²) in [5.74, 6) is -0.947. The summed E-state index contributed by atoms with van der Waals surface area (Å²) in [4.78, 5) is 26.6. The Morgan fingerprint density at radius 3 is 1.90 bits per heavy atom. The van der Waals surface area contributed by atoms with Crippen molar-refractivity contribution in [1.82, 2.24) is 9.80 Å². The number of nitrogens with two attached hydrogens (primary N) is 1. The number of hydrogen-bond donors (Lipinski definition) is 3. The second-order valence-corrected chi connectivity index (χ2v) is 8.73. The first-order chi connectivity index (χ1) is 14.5. The van der Waals surface area contributed by atoms with Crippen molar-refractivity contribution in [3.8, 4) is 0 Å². The van der Waals surface area contributed by atoms with E-state index in [4.69, 9.17) is 10.8 Å². The molecule has 7 heteroatoms. The summed E-state index contributed by atoms with van der Waals surface area (Å²) in [5.41, 5.74) is 5.22. The van der Waals surface area contributed by atoms with E-state index in [1.54, 1.807) is 0 Å². The number of aliphatic hydroxyl groups is 1. The summed E-state index contributed by atoms with van der Waals surface area (Å²) in [5, 5.41) is 18.4. The number of carbonyl (C=O) groups is 2. The molecular formula is C23H45N3O4.